The Kier molecular flexibility index (Phi) is 7.63. The van der Waals surface area contributed by atoms with Crippen molar-refractivity contribution in [2.45, 2.75) is 19.9 Å². The number of rotatable bonds is 8. The third kappa shape index (κ3) is 6.37. The summed E-state index contributed by atoms with van der Waals surface area (Å²) in [5.74, 6) is 1.69. The van der Waals surface area contributed by atoms with Crippen LogP contribution < -0.4 is 20.7 Å². The van der Waals surface area contributed by atoms with Crippen LogP contribution in [0.5, 0.6) is 5.75 Å². The maximum atomic E-state index is 5.44. The molecule has 3 N–H and O–H groups in total. The first-order valence-corrected chi connectivity index (χ1v) is 8.60. The first-order chi connectivity index (χ1) is 12.2. The smallest absolute Gasteiger partial charge is 0.191 e. The number of nitrogens with one attached hydrogen (secondary N) is 3. The number of ether oxygens (including phenoxy) is 1. The van der Waals surface area contributed by atoms with Gasteiger partial charge in [-0.2, -0.15) is 0 Å². The lowest BCUT2D eigenvalue weighted by Gasteiger charge is -2.14. The van der Waals surface area contributed by atoms with E-state index in [9.17, 15) is 0 Å². The molecule has 0 amide bonds. The van der Waals surface area contributed by atoms with Gasteiger partial charge in [-0.1, -0.05) is 30.3 Å². The Morgan fingerprint density at radius 1 is 1.04 bits per heavy atom. The van der Waals surface area contributed by atoms with E-state index in [1.54, 1.807) is 14.2 Å². The minimum atomic E-state index is 0.672. The van der Waals surface area contributed by atoms with E-state index in [4.69, 9.17) is 4.74 Å². The second-order valence-electron chi connectivity index (χ2n) is 5.81. The van der Waals surface area contributed by atoms with Crippen LogP contribution in [-0.2, 0) is 6.54 Å². The average molecular weight is 340 g/mol. The van der Waals surface area contributed by atoms with Crippen LogP contribution in [0.2, 0.25) is 0 Å². The van der Waals surface area contributed by atoms with Crippen molar-refractivity contribution in [2.75, 3.05) is 32.6 Å². The molecule has 0 radical (unpaired) electrons. The van der Waals surface area contributed by atoms with Crippen molar-refractivity contribution in [1.29, 1.82) is 0 Å². The van der Waals surface area contributed by atoms with E-state index in [1.165, 1.54) is 5.56 Å². The van der Waals surface area contributed by atoms with Crippen molar-refractivity contribution < 1.29 is 4.74 Å². The number of nitrogens with zero attached hydrogens (tertiary/aromatic N) is 1. The highest BCUT2D eigenvalue weighted by Crippen LogP contribution is 2.19. The predicted molar refractivity (Wildman–Crippen MR) is 105 cm³/mol. The van der Waals surface area contributed by atoms with Gasteiger partial charge in [0.25, 0.3) is 0 Å². The summed E-state index contributed by atoms with van der Waals surface area (Å²) in [5, 5.41) is 10.1. The van der Waals surface area contributed by atoms with E-state index >= 15 is 0 Å². The van der Waals surface area contributed by atoms with E-state index in [1.807, 2.05) is 24.3 Å². The van der Waals surface area contributed by atoms with Crippen LogP contribution in [-0.4, -0.2) is 33.2 Å². The van der Waals surface area contributed by atoms with Crippen LogP contribution in [0, 0.1) is 6.92 Å². The molecule has 2 aromatic rings. The summed E-state index contributed by atoms with van der Waals surface area (Å²) in [6.07, 6.45) is 1.00. The lowest BCUT2D eigenvalue weighted by Crippen LogP contribution is -2.37. The fourth-order valence-corrected chi connectivity index (χ4v) is 2.48. The Bertz CT molecular complexity index is 671. The summed E-state index contributed by atoms with van der Waals surface area (Å²) in [7, 11) is 3.48. The Labute approximate surface area is 150 Å². The van der Waals surface area contributed by atoms with Gasteiger partial charge >= 0.3 is 0 Å². The topological polar surface area (TPSA) is 57.7 Å². The molecule has 0 atom stereocenters. The SMILES string of the molecule is CN=C(NCCCNc1ccccc1)NCc1ccc(C)cc1OC. The van der Waals surface area contributed by atoms with Gasteiger partial charge in [-0.15, -0.1) is 0 Å². The van der Waals surface area contributed by atoms with Crippen LogP contribution in [0.4, 0.5) is 5.69 Å². The second-order valence-corrected chi connectivity index (χ2v) is 5.81. The zero-order chi connectivity index (χ0) is 17.9. The number of benzene rings is 2. The standard InChI is InChI=1S/C20H28N4O/c1-16-10-11-17(19(14-16)25-3)15-24-20(21-2)23-13-7-12-22-18-8-5-4-6-9-18/h4-6,8-11,14,22H,7,12-13,15H2,1-3H3,(H2,21,23,24). The van der Waals surface area contributed by atoms with Crippen molar-refractivity contribution in [1.82, 2.24) is 10.6 Å². The first-order valence-electron chi connectivity index (χ1n) is 8.60. The van der Waals surface area contributed by atoms with Crippen molar-refractivity contribution in [3.8, 4) is 5.75 Å². The molecule has 25 heavy (non-hydrogen) atoms. The molecule has 2 aromatic carbocycles. The normalized spacial score (nSPS) is 11.1. The fraction of sp³-hybridized carbons (Fsp3) is 0.350. The summed E-state index contributed by atoms with van der Waals surface area (Å²) in [6.45, 7) is 4.50. The summed E-state index contributed by atoms with van der Waals surface area (Å²) in [5.41, 5.74) is 3.45. The molecule has 0 bridgehead atoms. The number of hydrogen-bond acceptors (Lipinski definition) is 3. The number of aliphatic imine (C=N–C) groups is 1. The van der Waals surface area contributed by atoms with Crippen LogP contribution >= 0.6 is 0 Å². The molecule has 0 aromatic heterocycles. The zero-order valence-electron chi connectivity index (χ0n) is 15.3. The lowest BCUT2D eigenvalue weighted by atomic mass is 10.1. The van der Waals surface area contributed by atoms with Gasteiger partial charge in [0.2, 0.25) is 0 Å². The Morgan fingerprint density at radius 3 is 2.56 bits per heavy atom. The van der Waals surface area contributed by atoms with Crippen molar-refractivity contribution >= 4 is 11.6 Å². The number of methoxy groups -OCH3 is 1. The molecular weight excluding hydrogens is 312 g/mol. The molecule has 134 valence electrons. The van der Waals surface area contributed by atoms with E-state index in [-0.39, 0.29) is 0 Å². The summed E-state index contributed by atoms with van der Waals surface area (Å²) >= 11 is 0. The maximum Gasteiger partial charge on any atom is 0.191 e. The van der Waals surface area contributed by atoms with Gasteiger partial charge in [-0.05, 0) is 37.1 Å². The first kappa shape index (κ1) is 18.6. The van der Waals surface area contributed by atoms with E-state index in [0.717, 1.165) is 42.5 Å². The third-order valence-electron chi connectivity index (χ3n) is 3.86. The van der Waals surface area contributed by atoms with Gasteiger partial charge in [0.1, 0.15) is 5.75 Å². The van der Waals surface area contributed by atoms with Crippen LogP contribution in [0.3, 0.4) is 0 Å². The lowest BCUT2D eigenvalue weighted by molar-refractivity contribution is 0.408. The highest BCUT2D eigenvalue weighted by atomic mass is 16.5. The molecule has 0 aliphatic heterocycles. The molecule has 0 saturated carbocycles. The number of hydrogen-bond donors (Lipinski definition) is 3. The number of para-hydroxylation sites is 1. The largest absolute Gasteiger partial charge is 0.496 e. The maximum absolute atomic E-state index is 5.44. The zero-order valence-corrected chi connectivity index (χ0v) is 15.3. The number of anilines is 1. The van der Waals surface area contributed by atoms with Crippen molar-refractivity contribution in [3.63, 3.8) is 0 Å². The Hall–Kier alpha value is -2.69. The highest BCUT2D eigenvalue weighted by Gasteiger charge is 2.04. The molecule has 0 saturated heterocycles. The van der Waals surface area contributed by atoms with Crippen LogP contribution in [0.1, 0.15) is 17.5 Å². The number of aryl methyl sites for hydroxylation is 1. The molecule has 0 fully saturated rings. The summed E-state index contributed by atoms with van der Waals surface area (Å²) < 4.78 is 5.44. The minimum absolute atomic E-state index is 0.672. The Morgan fingerprint density at radius 2 is 1.84 bits per heavy atom. The monoisotopic (exact) mass is 340 g/mol. The summed E-state index contributed by atoms with van der Waals surface area (Å²) in [4.78, 5) is 4.27. The van der Waals surface area contributed by atoms with Gasteiger partial charge in [-0.25, -0.2) is 0 Å². The Balaban J connectivity index is 1.70. The van der Waals surface area contributed by atoms with E-state index in [0.29, 0.717) is 6.54 Å². The molecule has 0 aliphatic rings. The van der Waals surface area contributed by atoms with E-state index < -0.39 is 0 Å². The molecule has 2 rings (SSSR count). The van der Waals surface area contributed by atoms with Crippen LogP contribution in [0.25, 0.3) is 0 Å². The average Bonchev–Trinajstić information content (AvgIpc) is 2.65. The number of guanidine groups is 1. The molecular formula is C20H28N4O. The van der Waals surface area contributed by atoms with Crippen molar-refractivity contribution in [2.24, 2.45) is 4.99 Å². The molecule has 0 spiro atoms. The molecule has 5 nitrogen and oxygen atoms in total. The quantitative estimate of drug-likeness (QED) is 0.392. The van der Waals surface area contributed by atoms with Crippen molar-refractivity contribution in [3.05, 3.63) is 59.7 Å². The van der Waals surface area contributed by atoms with Gasteiger partial charge in [0.05, 0.1) is 7.11 Å². The molecule has 0 unspecified atom stereocenters. The third-order valence-corrected chi connectivity index (χ3v) is 3.86. The van der Waals surface area contributed by atoms with Gasteiger partial charge < -0.3 is 20.7 Å². The van der Waals surface area contributed by atoms with E-state index in [2.05, 4.69) is 52.1 Å². The summed E-state index contributed by atoms with van der Waals surface area (Å²) in [6, 6.07) is 16.4. The predicted octanol–water partition coefficient (Wildman–Crippen LogP) is 3.17. The molecule has 0 heterocycles. The van der Waals surface area contributed by atoms with Gasteiger partial charge in [0, 0.05) is 37.9 Å². The molecule has 5 heteroatoms. The second kappa shape index (κ2) is 10.2. The minimum Gasteiger partial charge on any atom is -0.496 e. The van der Waals surface area contributed by atoms with Crippen LogP contribution in [0.15, 0.2) is 53.5 Å². The highest BCUT2D eigenvalue weighted by molar-refractivity contribution is 5.79. The van der Waals surface area contributed by atoms with Gasteiger partial charge in [-0.3, -0.25) is 4.99 Å². The molecule has 0 aliphatic carbocycles. The fourth-order valence-electron chi connectivity index (χ4n) is 2.48. The van der Waals surface area contributed by atoms with Gasteiger partial charge in [0.15, 0.2) is 5.96 Å².